The number of rotatable bonds is 6. The fourth-order valence-electron chi connectivity index (χ4n) is 5.74. The third-order valence-corrected chi connectivity index (χ3v) is 7.84. The summed E-state index contributed by atoms with van der Waals surface area (Å²) >= 11 is 0. The van der Waals surface area contributed by atoms with Gasteiger partial charge in [0.05, 0.1) is 13.2 Å². The molecule has 190 valence electrons. The van der Waals surface area contributed by atoms with Crippen molar-refractivity contribution in [2.75, 3.05) is 6.61 Å². The summed E-state index contributed by atoms with van der Waals surface area (Å²) in [5.74, 6) is 0.633. The Kier molecular flexibility index (Phi) is 7.04. The first kappa shape index (κ1) is 24.4. The van der Waals surface area contributed by atoms with Gasteiger partial charge in [0, 0.05) is 23.5 Å². The average Bonchev–Trinajstić information content (AvgIpc) is 3.23. The summed E-state index contributed by atoms with van der Waals surface area (Å²) < 4.78 is 7.62. The van der Waals surface area contributed by atoms with Crippen molar-refractivity contribution >= 4 is 22.7 Å². The molecule has 0 unspecified atom stereocenters. The van der Waals surface area contributed by atoms with E-state index >= 15 is 0 Å². The normalized spacial score (nSPS) is 21.1. The summed E-state index contributed by atoms with van der Waals surface area (Å²) in [6.45, 7) is 5.28. The Hall–Kier alpha value is -3.28. The first-order valence-electron chi connectivity index (χ1n) is 13.4. The van der Waals surface area contributed by atoms with E-state index in [9.17, 15) is 9.59 Å². The van der Waals surface area contributed by atoms with Crippen molar-refractivity contribution in [1.82, 2.24) is 14.8 Å². The zero-order valence-electron chi connectivity index (χ0n) is 21.5. The number of nitrogens with zero attached hydrogens (tertiary/aromatic N) is 2. The van der Waals surface area contributed by atoms with Crippen LogP contribution in [0.1, 0.15) is 74.8 Å². The number of ether oxygens (including phenoxy) is 1. The highest BCUT2D eigenvalue weighted by Crippen LogP contribution is 2.34. The van der Waals surface area contributed by atoms with Gasteiger partial charge in [0.1, 0.15) is 17.0 Å². The Morgan fingerprint density at radius 3 is 2.44 bits per heavy atom. The summed E-state index contributed by atoms with van der Waals surface area (Å²) in [6.07, 6.45) is 8.03. The summed E-state index contributed by atoms with van der Waals surface area (Å²) in [7, 11) is 0. The highest BCUT2D eigenvalue weighted by atomic mass is 16.5. The lowest BCUT2D eigenvalue weighted by Crippen LogP contribution is -2.64. The number of fused-ring (bicyclic) bond motifs is 3. The van der Waals surface area contributed by atoms with Crippen molar-refractivity contribution in [1.29, 1.82) is 0 Å². The summed E-state index contributed by atoms with van der Waals surface area (Å²) in [6, 6.07) is 18.0. The molecule has 0 bridgehead atoms. The van der Waals surface area contributed by atoms with Crippen LogP contribution < -0.4 is 10.1 Å². The number of para-hydroxylation sites is 1. The van der Waals surface area contributed by atoms with Crippen LogP contribution in [-0.2, 0) is 17.9 Å². The third-order valence-electron chi connectivity index (χ3n) is 7.84. The predicted molar refractivity (Wildman–Crippen MR) is 142 cm³/mol. The van der Waals surface area contributed by atoms with Gasteiger partial charge < -0.3 is 19.5 Å². The zero-order chi connectivity index (χ0) is 25.1. The fourth-order valence-corrected chi connectivity index (χ4v) is 5.74. The van der Waals surface area contributed by atoms with Gasteiger partial charge in [-0.05, 0) is 56.5 Å². The van der Waals surface area contributed by atoms with Crippen molar-refractivity contribution < 1.29 is 14.3 Å². The van der Waals surface area contributed by atoms with Crippen LogP contribution in [0.3, 0.4) is 0 Å². The molecule has 2 aromatic carbocycles. The maximum atomic E-state index is 14.0. The molecule has 1 aliphatic heterocycles. The van der Waals surface area contributed by atoms with E-state index < -0.39 is 5.54 Å². The van der Waals surface area contributed by atoms with E-state index in [4.69, 9.17) is 4.74 Å². The highest BCUT2D eigenvalue weighted by Gasteiger charge is 2.48. The SMILES string of the molecule is CCOc1ccc(CN2C(=O)c3cc4ccccc4n3C[C@]2(C)C(=O)NC2CCCCCCC2)cc1. The van der Waals surface area contributed by atoms with Gasteiger partial charge >= 0.3 is 0 Å². The number of hydrogen-bond acceptors (Lipinski definition) is 3. The molecule has 1 atom stereocenters. The maximum Gasteiger partial charge on any atom is 0.271 e. The lowest BCUT2D eigenvalue weighted by Gasteiger charge is -2.44. The first-order chi connectivity index (χ1) is 17.5. The van der Waals surface area contributed by atoms with Crippen molar-refractivity contribution in [3.8, 4) is 5.75 Å². The van der Waals surface area contributed by atoms with Crippen LogP contribution in [0.25, 0.3) is 10.9 Å². The van der Waals surface area contributed by atoms with E-state index in [1.54, 1.807) is 4.90 Å². The minimum absolute atomic E-state index is 0.0595. The number of benzene rings is 2. The van der Waals surface area contributed by atoms with Crippen LogP contribution >= 0.6 is 0 Å². The van der Waals surface area contributed by atoms with Crippen LogP contribution in [0.5, 0.6) is 5.75 Å². The molecular formula is C30H37N3O3. The van der Waals surface area contributed by atoms with E-state index in [2.05, 4.69) is 5.32 Å². The standard InChI is InChI=1S/C30H37N3O3/c1-3-36-25-17-15-22(16-18-25)20-33-28(34)27-19-23-11-9-10-14-26(23)32(27)21-30(33,2)29(35)31-24-12-7-5-4-6-8-13-24/h9-11,14-19,24H,3-8,12-13,20-21H2,1-2H3,(H,31,35)/t30-/m1/s1. The Labute approximate surface area is 213 Å². The summed E-state index contributed by atoms with van der Waals surface area (Å²) in [5.41, 5.74) is 1.60. The smallest absolute Gasteiger partial charge is 0.271 e. The third kappa shape index (κ3) is 4.73. The molecule has 6 heteroatoms. The van der Waals surface area contributed by atoms with Gasteiger partial charge in [0.15, 0.2) is 0 Å². The van der Waals surface area contributed by atoms with E-state index in [-0.39, 0.29) is 17.9 Å². The molecule has 2 amide bonds. The van der Waals surface area contributed by atoms with Crippen molar-refractivity contribution in [3.63, 3.8) is 0 Å². The lowest BCUT2D eigenvalue weighted by molar-refractivity contribution is -0.134. The van der Waals surface area contributed by atoms with Gasteiger partial charge in [0.25, 0.3) is 5.91 Å². The predicted octanol–water partition coefficient (Wildman–Crippen LogP) is 5.68. The molecule has 36 heavy (non-hydrogen) atoms. The Morgan fingerprint density at radius 1 is 1.03 bits per heavy atom. The van der Waals surface area contributed by atoms with Gasteiger partial charge in [-0.1, -0.05) is 62.4 Å². The van der Waals surface area contributed by atoms with Crippen LogP contribution in [-0.4, -0.2) is 39.5 Å². The second-order valence-electron chi connectivity index (χ2n) is 10.4. The highest BCUT2D eigenvalue weighted by molar-refractivity contribution is 6.03. The number of hydrogen-bond donors (Lipinski definition) is 1. The Bertz CT molecular complexity index is 1220. The van der Waals surface area contributed by atoms with Gasteiger partial charge in [0.2, 0.25) is 5.91 Å². The number of carbonyl (C=O) groups excluding carboxylic acids is 2. The second kappa shape index (κ2) is 10.4. The fraction of sp³-hybridized carbons (Fsp3) is 0.467. The van der Waals surface area contributed by atoms with E-state index in [1.165, 1.54) is 19.3 Å². The van der Waals surface area contributed by atoms with E-state index in [1.807, 2.05) is 73.0 Å². The zero-order valence-corrected chi connectivity index (χ0v) is 21.5. The lowest BCUT2D eigenvalue weighted by atomic mass is 9.91. The molecule has 0 saturated heterocycles. The van der Waals surface area contributed by atoms with E-state index in [0.29, 0.717) is 25.4 Å². The molecule has 1 aromatic heterocycles. The Morgan fingerprint density at radius 2 is 1.72 bits per heavy atom. The molecule has 1 fully saturated rings. The van der Waals surface area contributed by atoms with Gasteiger partial charge in [-0.3, -0.25) is 9.59 Å². The summed E-state index contributed by atoms with van der Waals surface area (Å²) in [4.78, 5) is 29.7. The molecule has 5 rings (SSSR count). The topological polar surface area (TPSA) is 63.6 Å². The van der Waals surface area contributed by atoms with Crippen LogP contribution in [0, 0.1) is 0 Å². The van der Waals surface area contributed by atoms with Gasteiger partial charge in [-0.15, -0.1) is 0 Å². The van der Waals surface area contributed by atoms with Crippen molar-refractivity contribution in [3.05, 3.63) is 65.9 Å². The van der Waals surface area contributed by atoms with Crippen LogP contribution in [0.4, 0.5) is 0 Å². The monoisotopic (exact) mass is 487 g/mol. The van der Waals surface area contributed by atoms with Crippen molar-refractivity contribution in [2.24, 2.45) is 0 Å². The number of carbonyl (C=O) groups is 2. The van der Waals surface area contributed by atoms with E-state index in [0.717, 1.165) is 47.9 Å². The van der Waals surface area contributed by atoms with Crippen LogP contribution in [0.2, 0.25) is 0 Å². The molecule has 0 radical (unpaired) electrons. The molecule has 1 saturated carbocycles. The molecule has 1 aliphatic carbocycles. The number of nitrogens with one attached hydrogen (secondary N) is 1. The van der Waals surface area contributed by atoms with Crippen molar-refractivity contribution in [2.45, 2.75) is 83.5 Å². The molecular weight excluding hydrogens is 450 g/mol. The molecule has 0 spiro atoms. The number of aromatic nitrogens is 1. The molecule has 2 heterocycles. The molecule has 1 N–H and O–H groups in total. The first-order valence-corrected chi connectivity index (χ1v) is 13.4. The minimum Gasteiger partial charge on any atom is -0.494 e. The molecule has 2 aliphatic rings. The average molecular weight is 488 g/mol. The quantitative estimate of drug-likeness (QED) is 0.486. The largest absolute Gasteiger partial charge is 0.494 e. The van der Waals surface area contributed by atoms with Crippen LogP contribution in [0.15, 0.2) is 54.6 Å². The Balaban J connectivity index is 1.48. The summed E-state index contributed by atoms with van der Waals surface area (Å²) in [5, 5.41) is 4.38. The second-order valence-corrected chi connectivity index (χ2v) is 10.4. The van der Waals surface area contributed by atoms with Gasteiger partial charge in [-0.25, -0.2) is 0 Å². The number of amides is 2. The maximum absolute atomic E-state index is 14.0. The molecule has 6 nitrogen and oxygen atoms in total. The molecule has 3 aromatic rings. The minimum atomic E-state index is -1.01. The van der Waals surface area contributed by atoms with Gasteiger partial charge in [-0.2, -0.15) is 0 Å².